The molecular weight excluding hydrogens is 272 g/mol. The smallest absolute Gasteiger partial charge is 0.119 e. The minimum atomic E-state index is 0.672. The Bertz CT molecular complexity index is 511. The second-order valence-electron chi connectivity index (χ2n) is 4.61. The molecule has 0 aliphatic carbocycles. The molecule has 0 radical (unpaired) electrons. The zero-order valence-corrected chi connectivity index (χ0v) is 12.4. The zero-order chi connectivity index (χ0) is 14.2. The van der Waals surface area contributed by atoms with Crippen molar-refractivity contribution in [3.05, 3.63) is 53.3 Å². The number of halogens is 1. The van der Waals surface area contributed by atoms with Gasteiger partial charge in [-0.15, -0.1) is 0 Å². The van der Waals surface area contributed by atoms with E-state index in [2.05, 4.69) is 10.3 Å². The van der Waals surface area contributed by atoms with Crippen LogP contribution in [0.15, 0.2) is 42.7 Å². The first-order chi connectivity index (χ1) is 9.77. The van der Waals surface area contributed by atoms with Crippen LogP contribution in [0.4, 0.5) is 5.69 Å². The van der Waals surface area contributed by atoms with Crippen LogP contribution in [0.25, 0.3) is 0 Å². The number of hydrogen-bond donors (Lipinski definition) is 1. The number of hydrogen-bond acceptors (Lipinski definition) is 3. The molecule has 0 bridgehead atoms. The van der Waals surface area contributed by atoms with E-state index >= 15 is 0 Å². The largest absolute Gasteiger partial charge is 0.494 e. The standard InChI is InChI=1S/C16H19ClN2O/c1-13-11-18-12-15(17)16(13)19-9-5-6-10-20-14-7-3-2-4-8-14/h2-4,7-8,11-12H,5-6,9-10H2,1H3,(H,18,19). The molecular formula is C16H19ClN2O. The van der Waals surface area contributed by atoms with Gasteiger partial charge in [-0.1, -0.05) is 29.8 Å². The van der Waals surface area contributed by atoms with Gasteiger partial charge in [-0.25, -0.2) is 0 Å². The summed E-state index contributed by atoms with van der Waals surface area (Å²) in [5, 5.41) is 4.02. The maximum Gasteiger partial charge on any atom is 0.119 e. The van der Waals surface area contributed by atoms with E-state index in [1.165, 1.54) is 0 Å². The molecule has 0 unspecified atom stereocenters. The Morgan fingerprint density at radius 1 is 1.15 bits per heavy atom. The van der Waals surface area contributed by atoms with E-state index in [1.54, 1.807) is 6.20 Å². The van der Waals surface area contributed by atoms with Gasteiger partial charge in [-0.2, -0.15) is 0 Å². The van der Waals surface area contributed by atoms with Crippen molar-refractivity contribution < 1.29 is 4.74 Å². The van der Waals surface area contributed by atoms with Crippen molar-refractivity contribution in [3.63, 3.8) is 0 Å². The predicted octanol–water partition coefficient (Wildman–Crippen LogP) is 4.31. The Hall–Kier alpha value is -1.74. The van der Waals surface area contributed by atoms with Crippen LogP contribution in [0.2, 0.25) is 5.02 Å². The molecule has 1 N–H and O–H groups in total. The SMILES string of the molecule is Cc1cncc(Cl)c1NCCCCOc1ccccc1. The number of aryl methyl sites for hydroxylation is 1. The molecule has 0 atom stereocenters. The molecule has 0 saturated heterocycles. The summed E-state index contributed by atoms with van der Waals surface area (Å²) in [6.07, 6.45) is 5.51. The lowest BCUT2D eigenvalue weighted by atomic mass is 10.2. The molecule has 0 saturated carbocycles. The van der Waals surface area contributed by atoms with Crippen LogP contribution in [0, 0.1) is 6.92 Å². The maximum absolute atomic E-state index is 6.10. The van der Waals surface area contributed by atoms with E-state index < -0.39 is 0 Å². The van der Waals surface area contributed by atoms with Gasteiger partial charge >= 0.3 is 0 Å². The topological polar surface area (TPSA) is 34.2 Å². The van der Waals surface area contributed by atoms with E-state index in [0.29, 0.717) is 5.02 Å². The van der Waals surface area contributed by atoms with Gasteiger partial charge in [0.25, 0.3) is 0 Å². The average molecular weight is 291 g/mol. The molecule has 3 nitrogen and oxygen atoms in total. The summed E-state index contributed by atoms with van der Waals surface area (Å²) in [5.74, 6) is 0.925. The normalized spacial score (nSPS) is 10.3. The monoisotopic (exact) mass is 290 g/mol. The van der Waals surface area contributed by atoms with Crippen LogP contribution in [-0.4, -0.2) is 18.1 Å². The molecule has 1 heterocycles. The maximum atomic E-state index is 6.10. The molecule has 4 heteroatoms. The number of anilines is 1. The highest BCUT2D eigenvalue weighted by atomic mass is 35.5. The van der Waals surface area contributed by atoms with Crippen LogP contribution in [-0.2, 0) is 0 Å². The lowest BCUT2D eigenvalue weighted by Gasteiger charge is -2.11. The minimum Gasteiger partial charge on any atom is -0.494 e. The Labute approximate surface area is 124 Å². The third-order valence-corrected chi connectivity index (χ3v) is 3.26. The first-order valence-electron chi connectivity index (χ1n) is 6.79. The third-order valence-electron chi connectivity index (χ3n) is 2.97. The summed E-state index contributed by atoms with van der Waals surface area (Å²) in [6.45, 7) is 3.61. The third kappa shape index (κ3) is 4.42. The first-order valence-corrected chi connectivity index (χ1v) is 7.17. The van der Waals surface area contributed by atoms with Gasteiger partial charge in [-0.05, 0) is 37.5 Å². The fourth-order valence-electron chi connectivity index (χ4n) is 1.90. The number of benzene rings is 1. The van der Waals surface area contributed by atoms with Crippen molar-refractivity contribution in [2.75, 3.05) is 18.5 Å². The molecule has 20 heavy (non-hydrogen) atoms. The van der Waals surface area contributed by atoms with Crippen molar-refractivity contribution >= 4 is 17.3 Å². The summed E-state index contributed by atoms with van der Waals surface area (Å²) < 4.78 is 5.64. The fraction of sp³-hybridized carbons (Fsp3) is 0.312. The summed E-state index contributed by atoms with van der Waals surface area (Å²) in [7, 11) is 0. The van der Waals surface area contributed by atoms with Crippen molar-refractivity contribution in [2.24, 2.45) is 0 Å². The molecule has 106 valence electrons. The number of para-hydroxylation sites is 1. The fourth-order valence-corrected chi connectivity index (χ4v) is 2.18. The summed E-state index contributed by atoms with van der Waals surface area (Å²) >= 11 is 6.10. The van der Waals surface area contributed by atoms with E-state index in [-0.39, 0.29) is 0 Å². The van der Waals surface area contributed by atoms with Crippen LogP contribution < -0.4 is 10.1 Å². The molecule has 0 fully saturated rings. The van der Waals surface area contributed by atoms with Gasteiger partial charge in [0.1, 0.15) is 5.75 Å². The lowest BCUT2D eigenvalue weighted by molar-refractivity contribution is 0.308. The van der Waals surface area contributed by atoms with Crippen LogP contribution in [0.5, 0.6) is 5.75 Å². The predicted molar refractivity (Wildman–Crippen MR) is 83.6 cm³/mol. The lowest BCUT2D eigenvalue weighted by Crippen LogP contribution is -2.06. The highest BCUT2D eigenvalue weighted by Crippen LogP contribution is 2.23. The molecule has 1 aromatic heterocycles. The molecule has 0 aliphatic rings. The van der Waals surface area contributed by atoms with Gasteiger partial charge in [-0.3, -0.25) is 4.98 Å². The number of rotatable bonds is 7. The Morgan fingerprint density at radius 2 is 1.95 bits per heavy atom. The van der Waals surface area contributed by atoms with Crippen LogP contribution in [0.3, 0.4) is 0 Å². The van der Waals surface area contributed by atoms with Gasteiger partial charge in [0.2, 0.25) is 0 Å². The molecule has 1 aromatic carbocycles. The van der Waals surface area contributed by atoms with E-state index in [0.717, 1.165) is 43.0 Å². The number of pyridine rings is 1. The van der Waals surface area contributed by atoms with E-state index in [1.807, 2.05) is 43.5 Å². The minimum absolute atomic E-state index is 0.672. The molecule has 0 amide bonds. The Kier molecular flexibility index (Phi) is 5.69. The van der Waals surface area contributed by atoms with Crippen molar-refractivity contribution in [2.45, 2.75) is 19.8 Å². The summed E-state index contributed by atoms with van der Waals surface area (Å²) in [5.41, 5.74) is 2.05. The van der Waals surface area contributed by atoms with Gasteiger partial charge in [0.15, 0.2) is 0 Å². The number of ether oxygens (including phenoxy) is 1. The number of aromatic nitrogens is 1. The van der Waals surface area contributed by atoms with Crippen molar-refractivity contribution in [1.82, 2.24) is 4.98 Å². The first kappa shape index (κ1) is 14.7. The van der Waals surface area contributed by atoms with Crippen molar-refractivity contribution in [3.8, 4) is 5.75 Å². The van der Waals surface area contributed by atoms with Crippen molar-refractivity contribution in [1.29, 1.82) is 0 Å². The Balaban J connectivity index is 1.65. The molecule has 0 aliphatic heterocycles. The number of unbranched alkanes of at least 4 members (excludes halogenated alkanes) is 1. The van der Waals surface area contributed by atoms with Gasteiger partial charge in [0.05, 0.1) is 17.3 Å². The average Bonchev–Trinajstić information content (AvgIpc) is 2.46. The molecule has 2 rings (SSSR count). The molecule has 0 spiro atoms. The highest BCUT2D eigenvalue weighted by molar-refractivity contribution is 6.33. The summed E-state index contributed by atoms with van der Waals surface area (Å²) in [4.78, 5) is 4.04. The van der Waals surface area contributed by atoms with Gasteiger partial charge in [0, 0.05) is 18.9 Å². The van der Waals surface area contributed by atoms with E-state index in [4.69, 9.17) is 16.3 Å². The van der Waals surface area contributed by atoms with Crippen LogP contribution in [0.1, 0.15) is 18.4 Å². The number of nitrogens with one attached hydrogen (secondary N) is 1. The number of nitrogens with zero attached hydrogens (tertiary/aromatic N) is 1. The second-order valence-corrected chi connectivity index (χ2v) is 5.02. The quantitative estimate of drug-likeness (QED) is 0.771. The van der Waals surface area contributed by atoms with E-state index in [9.17, 15) is 0 Å². The highest BCUT2D eigenvalue weighted by Gasteiger charge is 2.02. The second kappa shape index (κ2) is 7.75. The van der Waals surface area contributed by atoms with Crippen LogP contribution >= 0.6 is 11.6 Å². The van der Waals surface area contributed by atoms with Gasteiger partial charge < -0.3 is 10.1 Å². The zero-order valence-electron chi connectivity index (χ0n) is 11.6. The summed E-state index contributed by atoms with van der Waals surface area (Å²) in [6, 6.07) is 9.88. The molecule has 2 aromatic rings. The Morgan fingerprint density at radius 3 is 2.70 bits per heavy atom.